The highest BCUT2D eigenvalue weighted by Gasteiger charge is 2.53. The topological polar surface area (TPSA) is 147 Å². The van der Waals surface area contributed by atoms with Crippen LogP contribution in [0.1, 0.15) is 18.7 Å². The van der Waals surface area contributed by atoms with Crippen LogP contribution in [0.4, 0.5) is 5.95 Å². The van der Waals surface area contributed by atoms with Gasteiger partial charge >= 0.3 is 0 Å². The van der Waals surface area contributed by atoms with Crippen LogP contribution in [0.25, 0.3) is 11.0 Å². The summed E-state index contributed by atoms with van der Waals surface area (Å²) in [5.41, 5.74) is 4.40. The van der Waals surface area contributed by atoms with Crippen LogP contribution in [0.15, 0.2) is 11.0 Å². The van der Waals surface area contributed by atoms with Crippen LogP contribution >= 0.6 is 0 Å². The average Bonchev–Trinajstić information content (AvgIpc) is 2.86. The van der Waals surface area contributed by atoms with E-state index >= 15 is 0 Å². The summed E-state index contributed by atoms with van der Waals surface area (Å²) in [4.78, 5) is 18.5. The van der Waals surface area contributed by atoms with Gasteiger partial charge in [0.2, 0.25) is 5.95 Å². The maximum absolute atomic E-state index is 12.0. The Bertz CT molecular complexity index is 781. The number of anilines is 1. The second-order valence-corrected chi connectivity index (χ2v) is 5.75. The monoisotopic (exact) mass is 310 g/mol. The number of nitrogens with zero attached hydrogens (tertiary/aromatic N) is 2. The maximum atomic E-state index is 12.0. The van der Waals surface area contributed by atoms with Crippen molar-refractivity contribution in [3.8, 4) is 0 Å². The molecule has 120 valence electrons. The van der Waals surface area contributed by atoms with Gasteiger partial charge < -0.3 is 30.4 Å². The lowest BCUT2D eigenvalue weighted by molar-refractivity contribution is -0.0948. The summed E-state index contributed by atoms with van der Waals surface area (Å²) >= 11 is 0. The molecular formula is C13H18N4O5. The molecule has 1 fully saturated rings. The van der Waals surface area contributed by atoms with Gasteiger partial charge in [-0.05, 0) is 19.4 Å². The average molecular weight is 310 g/mol. The first-order valence-electron chi connectivity index (χ1n) is 6.81. The fourth-order valence-corrected chi connectivity index (χ4v) is 2.92. The molecule has 0 unspecified atom stereocenters. The van der Waals surface area contributed by atoms with Crippen molar-refractivity contribution in [2.24, 2.45) is 0 Å². The molecule has 0 spiro atoms. The first-order chi connectivity index (χ1) is 10.3. The Morgan fingerprint density at radius 1 is 1.59 bits per heavy atom. The first kappa shape index (κ1) is 15.0. The van der Waals surface area contributed by atoms with E-state index in [1.165, 1.54) is 11.5 Å². The van der Waals surface area contributed by atoms with Gasteiger partial charge in [0.1, 0.15) is 17.8 Å². The molecule has 0 radical (unpaired) electrons. The number of fused-ring (bicyclic) bond motifs is 1. The normalized spacial score (nSPS) is 32.0. The molecule has 0 saturated carbocycles. The van der Waals surface area contributed by atoms with Gasteiger partial charge in [-0.15, -0.1) is 0 Å². The lowest BCUT2D eigenvalue weighted by Crippen LogP contribution is -2.44. The third kappa shape index (κ3) is 1.94. The van der Waals surface area contributed by atoms with Crippen LogP contribution in [-0.2, 0) is 4.74 Å². The first-order valence-corrected chi connectivity index (χ1v) is 6.81. The van der Waals surface area contributed by atoms with Crippen molar-refractivity contribution in [3.05, 3.63) is 22.1 Å². The third-order valence-electron chi connectivity index (χ3n) is 4.08. The SMILES string of the molecule is Cc1cn([C@@H]2O[C@H](CO)[C@@H](O)[C@@]2(C)O)c2nc(N)[nH]c(=O)c12. The molecule has 1 aliphatic rings. The van der Waals surface area contributed by atoms with Crippen molar-refractivity contribution >= 4 is 17.0 Å². The number of aromatic amines is 1. The molecule has 2 aromatic rings. The number of hydrogen-bond acceptors (Lipinski definition) is 7. The smallest absolute Gasteiger partial charge is 0.262 e. The largest absolute Gasteiger partial charge is 0.394 e. The van der Waals surface area contributed by atoms with E-state index in [0.717, 1.165) is 0 Å². The van der Waals surface area contributed by atoms with E-state index in [0.29, 0.717) is 10.9 Å². The van der Waals surface area contributed by atoms with Crippen molar-refractivity contribution in [1.82, 2.24) is 14.5 Å². The van der Waals surface area contributed by atoms with Gasteiger partial charge in [-0.3, -0.25) is 9.78 Å². The molecule has 2 aromatic heterocycles. The fraction of sp³-hybridized carbons (Fsp3) is 0.538. The van der Waals surface area contributed by atoms with Crippen molar-refractivity contribution in [2.45, 2.75) is 37.9 Å². The maximum Gasteiger partial charge on any atom is 0.262 e. The number of H-pyrrole nitrogens is 1. The Morgan fingerprint density at radius 2 is 2.27 bits per heavy atom. The summed E-state index contributed by atoms with van der Waals surface area (Å²) < 4.78 is 7.00. The quantitative estimate of drug-likeness (QED) is 0.459. The van der Waals surface area contributed by atoms with E-state index in [4.69, 9.17) is 10.5 Å². The summed E-state index contributed by atoms with van der Waals surface area (Å²) in [7, 11) is 0. The Balaban J connectivity index is 2.21. The van der Waals surface area contributed by atoms with Crippen molar-refractivity contribution in [3.63, 3.8) is 0 Å². The number of aliphatic hydroxyl groups is 3. The minimum atomic E-state index is -1.66. The van der Waals surface area contributed by atoms with Crippen LogP contribution in [0.2, 0.25) is 0 Å². The van der Waals surface area contributed by atoms with E-state index < -0.39 is 36.2 Å². The van der Waals surface area contributed by atoms with Gasteiger partial charge in [0.25, 0.3) is 5.56 Å². The number of nitrogens with two attached hydrogens (primary N) is 1. The summed E-state index contributed by atoms with van der Waals surface area (Å²) in [5, 5.41) is 30.2. The molecule has 4 atom stereocenters. The van der Waals surface area contributed by atoms with Gasteiger partial charge in [0.05, 0.1) is 12.0 Å². The molecule has 22 heavy (non-hydrogen) atoms. The highest BCUT2D eigenvalue weighted by Crippen LogP contribution is 2.39. The van der Waals surface area contributed by atoms with Crippen LogP contribution in [0, 0.1) is 6.92 Å². The van der Waals surface area contributed by atoms with E-state index in [9.17, 15) is 20.1 Å². The lowest BCUT2D eigenvalue weighted by atomic mass is 9.96. The number of aromatic nitrogens is 3. The molecule has 0 amide bonds. The molecule has 0 aromatic carbocycles. The van der Waals surface area contributed by atoms with Crippen LogP contribution < -0.4 is 11.3 Å². The lowest BCUT2D eigenvalue weighted by Gasteiger charge is -2.27. The van der Waals surface area contributed by atoms with Crippen LogP contribution in [-0.4, -0.2) is 54.3 Å². The number of aliphatic hydroxyl groups excluding tert-OH is 2. The van der Waals surface area contributed by atoms with Gasteiger partial charge in [-0.25, -0.2) is 0 Å². The molecule has 1 saturated heterocycles. The Kier molecular flexibility index (Phi) is 3.25. The molecular weight excluding hydrogens is 292 g/mol. The van der Waals surface area contributed by atoms with Crippen molar-refractivity contribution in [2.75, 3.05) is 12.3 Å². The summed E-state index contributed by atoms with van der Waals surface area (Å²) in [5.74, 6) is -0.0613. The Morgan fingerprint density at radius 3 is 2.86 bits per heavy atom. The van der Waals surface area contributed by atoms with Gasteiger partial charge in [0, 0.05) is 6.20 Å². The highest BCUT2D eigenvalue weighted by molar-refractivity contribution is 5.80. The Hall–Kier alpha value is -1.94. The molecule has 9 heteroatoms. The molecule has 3 heterocycles. The number of hydrogen-bond donors (Lipinski definition) is 5. The third-order valence-corrected chi connectivity index (χ3v) is 4.08. The minimum Gasteiger partial charge on any atom is -0.394 e. The summed E-state index contributed by atoms with van der Waals surface area (Å²) in [6.45, 7) is 2.67. The zero-order valence-electron chi connectivity index (χ0n) is 12.1. The fourth-order valence-electron chi connectivity index (χ4n) is 2.92. The van der Waals surface area contributed by atoms with Crippen molar-refractivity contribution in [1.29, 1.82) is 0 Å². The second-order valence-electron chi connectivity index (χ2n) is 5.75. The highest BCUT2D eigenvalue weighted by atomic mass is 16.6. The van der Waals surface area contributed by atoms with E-state index in [1.807, 2.05) is 0 Å². The predicted octanol–water partition coefficient (Wildman–Crippen LogP) is -1.38. The minimum absolute atomic E-state index is 0.0613. The number of ether oxygens (including phenoxy) is 1. The predicted molar refractivity (Wildman–Crippen MR) is 77.1 cm³/mol. The summed E-state index contributed by atoms with van der Waals surface area (Å²) in [6.07, 6.45) is -1.63. The molecule has 1 aliphatic heterocycles. The molecule has 0 aliphatic carbocycles. The molecule has 6 N–H and O–H groups in total. The standard InChI is InChI=1S/C13H18N4O5/c1-5-3-17(9-7(5)10(20)16-12(14)15-9)11-13(2,21)8(19)6(4-18)22-11/h3,6,8,11,18-19,21H,4H2,1-2H3,(H3,14,15,16,20)/t6-,8-,11-,13-/m1/s1. The molecule has 9 nitrogen and oxygen atoms in total. The van der Waals surface area contributed by atoms with Crippen LogP contribution in [0.3, 0.4) is 0 Å². The number of rotatable bonds is 2. The zero-order valence-corrected chi connectivity index (χ0v) is 12.1. The molecule has 0 bridgehead atoms. The zero-order chi connectivity index (χ0) is 16.2. The second kappa shape index (κ2) is 4.78. The number of nitrogen functional groups attached to an aromatic ring is 1. The van der Waals surface area contributed by atoms with E-state index in [-0.39, 0.29) is 11.6 Å². The van der Waals surface area contributed by atoms with Gasteiger partial charge in [0.15, 0.2) is 11.9 Å². The number of aryl methyl sites for hydroxylation is 1. The molecule has 3 rings (SSSR count). The van der Waals surface area contributed by atoms with Crippen LogP contribution in [0.5, 0.6) is 0 Å². The van der Waals surface area contributed by atoms with E-state index in [1.54, 1.807) is 13.1 Å². The van der Waals surface area contributed by atoms with E-state index in [2.05, 4.69) is 9.97 Å². The Labute approximate surface area is 125 Å². The summed E-state index contributed by atoms with van der Waals surface area (Å²) in [6, 6.07) is 0. The van der Waals surface area contributed by atoms with Gasteiger partial charge in [-0.2, -0.15) is 4.98 Å². The van der Waals surface area contributed by atoms with Crippen molar-refractivity contribution < 1.29 is 20.1 Å². The van der Waals surface area contributed by atoms with Gasteiger partial charge in [-0.1, -0.05) is 0 Å². The number of nitrogens with one attached hydrogen (secondary N) is 1.